The van der Waals surface area contributed by atoms with E-state index in [1.807, 2.05) is 97.9 Å². The molecule has 0 aliphatic heterocycles. The summed E-state index contributed by atoms with van der Waals surface area (Å²) in [4.78, 5) is 13.4. The fourth-order valence-corrected chi connectivity index (χ4v) is 3.85. The Morgan fingerprint density at radius 3 is 1.97 bits per heavy atom. The largest absolute Gasteiger partial charge is 0.491 e. The van der Waals surface area contributed by atoms with Gasteiger partial charge in [0, 0.05) is 13.1 Å². The third kappa shape index (κ3) is 8.88. The van der Waals surface area contributed by atoms with Crippen LogP contribution in [0.3, 0.4) is 0 Å². The van der Waals surface area contributed by atoms with Crippen LogP contribution in [0.5, 0.6) is 17.2 Å². The van der Waals surface area contributed by atoms with Crippen molar-refractivity contribution in [3.8, 4) is 17.2 Å². The Labute approximate surface area is 229 Å². The van der Waals surface area contributed by atoms with Crippen molar-refractivity contribution in [1.29, 1.82) is 0 Å². The van der Waals surface area contributed by atoms with Gasteiger partial charge in [0.15, 0.2) is 0 Å². The molecule has 0 aliphatic carbocycles. The second-order valence-corrected chi connectivity index (χ2v) is 8.96. The van der Waals surface area contributed by atoms with Gasteiger partial charge in [-0.2, -0.15) is 0 Å². The first-order valence-corrected chi connectivity index (χ1v) is 13.0. The number of hydrogen-bond donors (Lipinski definition) is 2. The third-order valence-electron chi connectivity index (χ3n) is 5.94. The van der Waals surface area contributed by atoms with Crippen molar-refractivity contribution in [1.82, 2.24) is 10.4 Å². The Hall–Kier alpha value is -4.33. The molecule has 1 unspecified atom stereocenters. The van der Waals surface area contributed by atoms with Crippen LogP contribution >= 0.6 is 0 Å². The number of carbonyl (C=O) groups is 1. The number of aliphatic hydroxyl groups excluding tert-OH is 1. The molecule has 2 N–H and O–H groups in total. The molecule has 0 spiro atoms. The zero-order valence-corrected chi connectivity index (χ0v) is 22.0. The van der Waals surface area contributed by atoms with Gasteiger partial charge in [-0.15, -0.1) is 0 Å². The third-order valence-corrected chi connectivity index (χ3v) is 5.94. The molecule has 0 heterocycles. The highest BCUT2D eigenvalue weighted by Crippen LogP contribution is 2.26. The molecule has 0 radical (unpaired) electrons. The molecule has 4 aromatic carbocycles. The van der Waals surface area contributed by atoms with E-state index in [0.29, 0.717) is 42.6 Å². The molecule has 7 nitrogen and oxygen atoms in total. The topological polar surface area (TPSA) is 80.3 Å². The zero-order chi connectivity index (χ0) is 27.3. The first-order valence-electron chi connectivity index (χ1n) is 13.0. The van der Waals surface area contributed by atoms with Crippen molar-refractivity contribution >= 4 is 5.91 Å². The Morgan fingerprint density at radius 2 is 1.36 bits per heavy atom. The normalized spacial score (nSPS) is 11.6. The van der Waals surface area contributed by atoms with Crippen molar-refractivity contribution in [2.75, 3.05) is 19.7 Å². The molecular formula is C32H34N2O5. The van der Waals surface area contributed by atoms with Gasteiger partial charge in [0.05, 0.1) is 5.56 Å². The monoisotopic (exact) mass is 526 g/mol. The summed E-state index contributed by atoms with van der Waals surface area (Å²) < 4.78 is 17.7. The van der Waals surface area contributed by atoms with Crippen molar-refractivity contribution < 1.29 is 24.1 Å². The van der Waals surface area contributed by atoms with Gasteiger partial charge in [-0.3, -0.25) is 10.2 Å². The first-order chi connectivity index (χ1) is 19.1. The molecule has 39 heavy (non-hydrogen) atoms. The van der Waals surface area contributed by atoms with Crippen molar-refractivity contribution in [3.05, 3.63) is 126 Å². The lowest BCUT2D eigenvalue weighted by Crippen LogP contribution is -2.47. The summed E-state index contributed by atoms with van der Waals surface area (Å²) in [6.07, 6.45) is -0.806. The van der Waals surface area contributed by atoms with Gasteiger partial charge in [-0.25, -0.2) is 5.01 Å². The van der Waals surface area contributed by atoms with Crippen LogP contribution in [-0.4, -0.2) is 41.8 Å². The Kier molecular flexibility index (Phi) is 10.3. The summed E-state index contributed by atoms with van der Waals surface area (Å²) in [6.45, 7) is 3.37. The number of aliphatic hydroxyl groups is 1. The van der Waals surface area contributed by atoms with Crippen LogP contribution in [0.4, 0.5) is 0 Å². The number of nitrogens with zero attached hydrogens (tertiary/aromatic N) is 1. The molecule has 202 valence electrons. The predicted molar refractivity (Wildman–Crippen MR) is 151 cm³/mol. The fraction of sp³-hybridized carbons (Fsp3) is 0.219. The molecule has 0 saturated carbocycles. The number of likely N-dealkylation sites (N-methyl/N-ethyl adjacent to an activating group) is 1. The second-order valence-electron chi connectivity index (χ2n) is 8.96. The molecule has 0 aromatic heterocycles. The molecule has 0 aliphatic rings. The molecule has 1 amide bonds. The number of hydrazine groups is 1. The van der Waals surface area contributed by atoms with Crippen LogP contribution in [0, 0.1) is 0 Å². The molecule has 4 rings (SSSR count). The molecule has 1 atom stereocenters. The predicted octanol–water partition coefficient (Wildman–Crippen LogP) is 5.25. The lowest BCUT2D eigenvalue weighted by atomic mass is 10.1. The van der Waals surface area contributed by atoms with Crippen LogP contribution < -0.4 is 19.6 Å². The van der Waals surface area contributed by atoms with Gasteiger partial charge in [-0.05, 0) is 41.5 Å². The van der Waals surface area contributed by atoms with Crippen LogP contribution in [0.15, 0.2) is 109 Å². The van der Waals surface area contributed by atoms with E-state index in [9.17, 15) is 9.90 Å². The van der Waals surface area contributed by atoms with E-state index in [2.05, 4.69) is 5.43 Å². The fourth-order valence-electron chi connectivity index (χ4n) is 3.85. The lowest BCUT2D eigenvalue weighted by molar-refractivity contribution is 0.0445. The van der Waals surface area contributed by atoms with Gasteiger partial charge in [-0.1, -0.05) is 85.8 Å². The summed E-state index contributed by atoms with van der Waals surface area (Å²) in [5, 5.41) is 12.2. The number of amides is 1. The lowest BCUT2D eigenvalue weighted by Gasteiger charge is -2.25. The van der Waals surface area contributed by atoms with Crippen LogP contribution in [0.25, 0.3) is 0 Å². The van der Waals surface area contributed by atoms with E-state index in [0.717, 1.165) is 11.1 Å². The maximum absolute atomic E-state index is 13.4. The highest BCUT2D eigenvalue weighted by atomic mass is 16.5. The van der Waals surface area contributed by atoms with Gasteiger partial charge in [0.2, 0.25) is 0 Å². The minimum absolute atomic E-state index is 0.102. The summed E-state index contributed by atoms with van der Waals surface area (Å²) in [5.41, 5.74) is 5.25. The van der Waals surface area contributed by atoms with Crippen LogP contribution in [0.2, 0.25) is 0 Å². The highest BCUT2D eigenvalue weighted by molar-refractivity contribution is 5.97. The Bertz CT molecular complexity index is 1290. The van der Waals surface area contributed by atoms with Gasteiger partial charge in [0.1, 0.15) is 43.2 Å². The molecule has 0 bridgehead atoms. The minimum Gasteiger partial charge on any atom is -0.491 e. The summed E-state index contributed by atoms with van der Waals surface area (Å²) >= 11 is 0. The summed E-state index contributed by atoms with van der Waals surface area (Å²) in [5.74, 6) is 1.31. The van der Waals surface area contributed by atoms with E-state index < -0.39 is 6.10 Å². The van der Waals surface area contributed by atoms with Crippen molar-refractivity contribution in [2.45, 2.75) is 26.2 Å². The number of hydrogen-bond acceptors (Lipinski definition) is 6. The average Bonchev–Trinajstić information content (AvgIpc) is 2.99. The van der Waals surface area contributed by atoms with E-state index in [1.54, 1.807) is 23.2 Å². The van der Waals surface area contributed by atoms with E-state index in [4.69, 9.17) is 14.2 Å². The minimum atomic E-state index is -0.806. The summed E-state index contributed by atoms with van der Waals surface area (Å²) in [6, 6.07) is 34.1. The highest BCUT2D eigenvalue weighted by Gasteiger charge is 2.19. The number of carbonyl (C=O) groups excluding carboxylic acids is 1. The maximum Gasteiger partial charge on any atom is 0.269 e. The first kappa shape index (κ1) is 27.7. The number of nitrogens with one attached hydrogen (secondary N) is 1. The maximum atomic E-state index is 13.4. The molecule has 7 heteroatoms. The van der Waals surface area contributed by atoms with Crippen molar-refractivity contribution in [3.63, 3.8) is 0 Å². The number of ether oxygens (including phenoxy) is 3. The van der Waals surface area contributed by atoms with E-state index in [1.165, 1.54) is 0 Å². The second kappa shape index (κ2) is 14.6. The van der Waals surface area contributed by atoms with E-state index >= 15 is 0 Å². The Balaban J connectivity index is 1.43. The molecule has 0 saturated heterocycles. The number of benzene rings is 4. The molecule has 0 fully saturated rings. The van der Waals surface area contributed by atoms with Gasteiger partial charge >= 0.3 is 0 Å². The van der Waals surface area contributed by atoms with Crippen molar-refractivity contribution in [2.24, 2.45) is 0 Å². The average molecular weight is 527 g/mol. The zero-order valence-electron chi connectivity index (χ0n) is 22.0. The molecule has 4 aromatic rings. The smallest absolute Gasteiger partial charge is 0.269 e. The van der Waals surface area contributed by atoms with Crippen LogP contribution in [-0.2, 0) is 13.2 Å². The number of rotatable bonds is 14. The molecular weight excluding hydrogens is 492 g/mol. The van der Waals surface area contributed by atoms with E-state index in [-0.39, 0.29) is 19.1 Å². The SMILES string of the molecule is CCN(CC(O)COc1ccccc1)NC(=O)c1cc(OCc2ccccc2)ccc1OCc1ccccc1. The standard InChI is InChI=1S/C32H34N2O5/c1-2-34(21-27(35)24-38-28-16-10-5-11-17-28)33-32(36)30-20-29(37-22-25-12-6-3-7-13-25)18-19-31(30)39-23-26-14-8-4-9-15-26/h3-20,27,35H,2,21-24H2,1H3,(H,33,36). The van der Waals surface area contributed by atoms with Gasteiger partial charge in [0.25, 0.3) is 5.91 Å². The Morgan fingerprint density at radius 1 is 0.769 bits per heavy atom. The number of para-hydroxylation sites is 1. The summed E-state index contributed by atoms with van der Waals surface area (Å²) in [7, 11) is 0. The quantitative estimate of drug-likeness (QED) is 0.219. The van der Waals surface area contributed by atoms with Crippen LogP contribution in [0.1, 0.15) is 28.4 Å². The van der Waals surface area contributed by atoms with Gasteiger partial charge < -0.3 is 19.3 Å².